The topological polar surface area (TPSA) is 108 Å². The Balaban J connectivity index is 1.38. The van der Waals surface area contributed by atoms with Gasteiger partial charge in [0, 0.05) is 12.2 Å². The Morgan fingerprint density at radius 3 is 2.05 bits per heavy atom. The Morgan fingerprint density at radius 1 is 0.775 bits per heavy atom. The van der Waals surface area contributed by atoms with E-state index in [1.54, 1.807) is 55.5 Å². The number of phenolic OH excluding ortho intramolecular Hbond substituents is 1. The molecule has 0 aliphatic heterocycles. The van der Waals surface area contributed by atoms with Crippen molar-refractivity contribution < 1.29 is 38.4 Å². The number of hydrogen-bond acceptors (Lipinski definition) is 8. The minimum absolute atomic E-state index is 0.188. The number of unbranched alkanes of at least 4 members (excludes halogenated alkanes) is 3. The van der Waals surface area contributed by atoms with Gasteiger partial charge < -0.3 is 24.1 Å². The monoisotopic (exact) mass is 544 g/mol. The van der Waals surface area contributed by atoms with E-state index in [-0.39, 0.29) is 5.75 Å². The van der Waals surface area contributed by atoms with Crippen molar-refractivity contribution >= 4 is 24.0 Å². The lowest BCUT2D eigenvalue weighted by Gasteiger charge is -2.08. The molecular weight excluding hydrogens is 512 g/mol. The number of hydrogen-bond donors (Lipinski definition) is 1. The Morgan fingerprint density at radius 2 is 1.40 bits per heavy atom. The summed E-state index contributed by atoms with van der Waals surface area (Å²) < 4.78 is 21.3. The lowest BCUT2D eigenvalue weighted by atomic mass is 10.1. The van der Waals surface area contributed by atoms with E-state index in [1.165, 1.54) is 30.3 Å². The smallest absolute Gasteiger partial charge is 0.343 e. The second kappa shape index (κ2) is 15.5. The van der Waals surface area contributed by atoms with Crippen molar-refractivity contribution in [3.05, 3.63) is 102 Å². The molecule has 0 aliphatic rings. The highest BCUT2D eigenvalue weighted by molar-refractivity contribution is 5.91. The van der Waals surface area contributed by atoms with Crippen LogP contribution in [0.4, 0.5) is 0 Å². The number of phenols is 1. The summed E-state index contributed by atoms with van der Waals surface area (Å²) in [5, 5.41) is 9.58. The van der Waals surface area contributed by atoms with Crippen LogP contribution in [0, 0.1) is 6.92 Å². The average Bonchev–Trinajstić information content (AvgIpc) is 2.96. The normalized spacial score (nSPS) is 10.6. The molecule has 3 aromatic carbocycles. The third-order valence-corrected chi connectivity index (χ3v) is 5.69. The zero-order chi connectivity index (χ0) is 28.7. The van der Waals surface area contributed by atoms with Crippen LogP contribution in [0.25, 0.3) is 6.08 Å². The number of esters is 3. The minimum atomic E-state index is -0.565. The molecule has 3 rings (SSSR count). The Hall–Kier alpha value is -4.85. The van der Waals surface area contributed by atoms with E-state index in [1.807, 2.05) is 0 Å². The van der Waals surface area contributed by atoms with Crippen LogP contribution in [0.15, 0.2) is 85.5 Å². The molecule has 0 heterocycles. The summed E-state index contributed by atoms with van der Waals surface area (Å²) in [6, 6.07) is 17.8. The lowest BCUT2D eigenvalue weighted by Crippen LogP contribution is -2.08. The van der Waals surface area contributed by atoms with Gasteiger partial charge in [-0.3, -0.25) is 0 Å². The van der Waals surface area contributed by atoms with Crippen LogP contribution in [-0.4, -0.2) is 36.2 Å². The fourth-order valence-electron chi connectivity index (χ4n) is 3.51. The fraction of sp³-hybridized carbons (Fsp3) is 0.219. The first-order chi connectivity index (χ1) is 19.3. The minimum Gasteiger partial charge on any atom is -0.508 e. The summed E-state index contributed by atoms with van der Waals surface area (Å²) in [5.74, 6) is -0.0530. The van der Waals surface area contributed by atoms with Crippen molar-refractivity contribution in [2.75, 3.05) is 13.2 Å². The second-order valence-corrected chi connectivity index (χ2v) is 8.82. The molecule has 0 amide bonds. The highest BCUT2D eigenvalue weighted by atomic mass is 16.5. The Bertz CT molecular complexity index is 1320. The van der Waals surface area contributed by atoms with Gasteiger partial charge in [0.15, 0.2) is 0 Å². The van der Waals surface area contributed by atoms with E-state index in [4.69, 9.17) is 18.9 Å². The predicted octanol–water partition coefficient (Wildman–Crippen LogP) is 6.21. The van der Waals surface area contributed by atoms with Crippen LogP contribution in [0.3, 0.4) is 0 Å². The molecule has 0 bridgehead atoms. The van der Waals surface area contributed by atoms with Crippen molar-refractivity contribution in [3.63, 3.8) is 0 Å². The molecule has 8 nitrogen and oxygen atoms in total. The molecule has 0 aliphatic carbocycles. The zero-order valence-corrected chi connectivity index (χ0v) is 22.3. The largest absolute Gasteiger partial charge is 0.508 e. The summed E-state index contributed by atoms with van der Waals surface area (Å²) in [4.78, 5) is 35.6. The van der Waals surface area contributed by atoms with Crippen molar-refractivity contribution in [2.24, 2.45) is 0 Å². The molecular formula is C32H32O8. The molecule has 0 spiro atoms. The van der Waals surface area contributed by atoms with E-state index in [0.29, 0.717) is 41.6 Å². The molecule has 40 heavy (non-hydrogen) atoms. The van der Waals surface area contributed by atoms with E-state index >= 15 is 0 Å². The number of benzene rings is 3. The number of rotatable bonds is 14. The molecule has 0 fully saturated rings. The standard InChI is InChI=1S/C32H32O8/c1-3-30(34)38-21-7-5-4-6-20-37-26-12-10-25(11-13-26)32(36)40-28-16-14-27(15-17-28)39-31(35)19-9-24-8-18-29(33)23(2)22-24/h3,8-19,22,33H,1,4-7,20-21H2,2H3/b19-9+. The number of carbonyl (C=O) groups excluding carboxylic acids is 3. The van der Waals surface area contributed by atoms with Gasteiger partial charge in [-0.25, -0.2) is 14.4 Å². The summed E-state index contributed by atoms with van der Waals surface area (Å²) in [7, 11) is 0. The van der Waals surface area contributed by atoms with Crippen LogP contribution in [-0.2, 0) is 14.3 Å². The maximum Gasteiger partial charge on any atom is 0.343 e. The van der Waals surface area contributed by atoms with Gasteiger partial charge in [-0.2, -0.15) is 0 Å². The maximum atomic E-state index is 12.5. The van der Waals surface area contributed by atoms with Crippen LogP contribution in [0.5, 0.6) is 23.0 Å². The van der Waals surface area contributed by atoms with Crippen molar-refractivity contribution in [1.82, 2.24) is 0 Å². The highest BCUT2D eigenvalue weighted by Crippen LogP contribution is 2.21. The molecule has 1 N–H and O–H groups in total. The van der Waals surface area contributed by atoms with Crippen molar-refractivity contribution in [1.29, 1.82) is 0 Å². The number of aromatic hydroxyl groups is 1. The molecule has 3 aromatic rings. The van der Waals surface area contributed by atoms with E-state index in [0.717, 1.165) is 37.3 Å². The molecule has 0 aromatic heterocycles. The van der Waals surface area contributed by atoms with E-state index < -0.39 is 17.9 Å². The molecule has 0 saturated carbocycles. The number of carbonyl (C=O) groups is 3. The van der Waals surface area contributed by atoms with Crippen molar-refractivity contribution in [2.45, 2.75) is 32.6 Å². The van der Waals surface area contributed by atoms with Gasteiger partial charge in [-0.05, 0) is 110 Å². The summed E-state index contributed by atoms with van der Waals surface area (Å²) >= 11 is 0. The molecule has 0 unspecified atom stereocenters. The first kappa shape index (κ1) is 29.7. The lowest BCUT2D eigenvalue weighted by molar-refractivity contribution is -0.137. The second-order valence-electron chi connectivity index (χ2n) is 8.82. The number of ether oxygens (including phenoxy) is 4. The molecule has 8 heteroatoms. The van der Waals surface area contributed by atoms with Crippen LogP contribution in [0.2, 0.25) is 0 Å². The summed E-state index contributed by atoms with van der Waals surface area (Å²) in [5.41, 5.74) is 1.83. The molecule has 0 radical (unpaired) electrons. The molecule has 208 valence electrons. The third kappa shape index (κ3) is 10.1. The average molecular weight is 545 g/mol. The van der Waals surface area contributed by atoms with E-state index in [2.05, 4.69) is 6.58 Å². The van der Waals surface area contributed by atoms with Crippen LogP contribution >= 0.6 is 0 Å². The fourth-order valence-corrected chi connectivity index (χ4v) is 3.51. The first-order valence-corrected chi connectivity index (χ1v) is 12.9. The van der Waals surface area contributed by atoms with Gasteiger partial charge in [0.25, 0.3) is 0 Å². The van der Waals surface area contributed by atoms with E-state index in [9.17, 15) is 19.5 Å². The Labute approximate surface area is 233 Å². The Kier molecular flexibility index (Phi) is 11.5. The summed E-state index contributed by atoms with van der Waals surface area (Å²) in [6.45, 7) is 6.05. The van der Waals surface area contributed by atoms with Gasteiger partial charge in [0.2, 0.25) is 0 Å². The first-order valence-electron chi connectivity index (χ1n) is 12.9. The SMILES string of the molecule is C=CC(=O)OCCCCCCOc1ccc(C(=O)Oc2ccc(OC(=O)/C=C/c3ccc(O)c(C)c3)cc2)cc1. The van der Waals surface area contributed by atoms with Gasteiger partial charge in [-0.1, -0.05) is 12.6 Å². The quantitative estimate of drug-likeness (QED) is 0.110. The number of aryl methyl sites for hydroxylation is 1. The zero-order valence-electron chi connectivity index (χ0n) is 22.3. The van der Waals surface area contributed by atoms with Gasteiger partial charge in [-0.15, -0.1) is 0 Å². The van der Waals surface area contributed by atoms with Crippen molar-refractivity contribution in [3.8, 4) is 23.0 Å². The van der Waals surface area contributed by atoms with Gasteiger partial charge in [0.1, 0.15) is 23.0 Å². The summed E-state index contributed by atoms with van der Waals surface area (Å²) in [6.07, 6.45) is 7.57. The van der Waals surface area contributed by atoms with Crippen LogP contribution < -0.4 is 14.2 Å². The third-order valence-electron chi connectivity index (χ3n) is 5.69. The predicted molar refractivity (Wildman–Crippen MR) is 150 cm³/mol. The maximum absolute atomic E-state index is 12.5. The van der Waals surface area contributed by atoms with Gasteiger partial charge >= 0.3 is 17.9 Å². The molecule has 0 atom stereocenters. The molecule has 0 saturated heterocycles. The highest BCUT2D eigenvalue weighted by Gasteiger charge is 2.10. The van der Waals surface area contributed by atoms with Crippen LogP contribution in [0.1, 0.15) is 47.2 Å². The van der Waals surface area contributed by atoms with Gasteiger partial charge in [0.05, 0.1) is 18.8 Å².